The van der Waals surface area contributed by atoms with Gasteiger partial charge in [-0.15, -0.1) is 0 Å². The van der Waals surface area contributed by atoms with E-state index in [4.69, 9.17) is 11.6 Å². The van der Waals surface area contributed by atoms with E-state index in [1.165, 1.54) is 12.1 Å². The molecule has 162 valence electrons. The number of aryl methyl sites for hydroxylation is 2. The SMILES string of the molecule is CCc1cccc(CC)c1NC(=O)CN(c1ccc(Cl)cc1)S(=O)(=O)c1ccccc1. The van der Waals surface area contributed by atoms with Crippen LogP contribution in [-0.4, -0.2) is 20.9 Å². The summed E-state index contributed by atoms with van der Waals surface area (Å²) in [5.41, 5.74) is 3.14. The van der Waals surface area contributed by atoms with Crippen molar-refractivity contribution in [3.05, 3.63) is 88.9 Å². The lowest BCUT2D eigenvalue weighted by Gasteiger charge is -2.25. The summed E-state index contributed by atoms with van der Waals surface area (Å²) in [6.07, 6.45) is 1.51. The summed E-state index contributed by atoms with van der Waals surface area (Å²) < 4.78 is 27.8. The third-order valence-corrected chi connectivity index (χ3v) is 7.04. The quantitative estimate of drug-likeness (QED) is 0.500. The van der Waals surface area contributed by atoms with Crippen molar-refractivity contribution < 1.29 is 13.2 Å². The minimum absolute atomic E-state index is 0.112. The minimum Gasteiger partial charge on any atom is -0.324 e. The number of benzene rings is 3. The fourth-order valence-electron chi connectivity index (χ4n) is 3.35. The molecule has 0 aliphatic rings. The number of hydrogen-bond acceptors (Lipinski definition) is 3. The van der Waals surface area contributed by atoms with Crippen LogP contribution in [0, 0.1) is 0 Å². The van der Waals surface area contributed by atoms with Gasteiger partial charge < -0.3 is 5.32 Å². The van der Waals surface area contributed by atoms with Crippen LogP contribution in [0.25, 0.3) is 0 Å². The Hall–Kier alpha value is -2.83. The molecule has 0 aliphatic heterocycles. The highest BCUT2D eigenvalue weighted by atomic mass is 35.5. The maximum Gasteiger partial charge on any atom is 0.264 e. The van der Waals surface area contributed by atoms with Crippen LogP contribution in [0.2, 0.25) is 5.02 Å². The van der Waals surface area contributed by atoms with Crippen LogP contribution >= 0.6 is 11.6 Å². The molecule has 3 aromatic rings. The first-order chi connectivity index (χ1) is 14.9. The Morgan fingerprint density at radius 2 is 1.45 bits per heavy atom. The predicted molar refractivity (Wildman–Crippen MR) is 126 cm³/mol. The molecule has 0 bridgehead atoms. The molecule has 0 radical (unpaired) electrons. The number of carbonyl (C=O) groups is 1. The normalized spacial score (nSPS) is 11.2. The third-order valence-electron chi connectivity index (χ3n) is 5.00. The molecule has 0 spiro atoms. The van der Waals surface area contributed by atoms with Crippen LogP contribution in [-0.2, 0) is 27.7 Å². The third kappa shape index (κ3) is 5.27. The standard InChI is InChI=1S/C24H25ClN2O3S/c1-3-18-9-8-10-19(4-2)24(18)26-23(28)17-27(21-15-13-20(25)14-16-21)31(29,30)22-11-6-5-7-12-22/h5-16H,3-4,17H2,1-2H3,(H,26,28). The van der Waals surface area contributed by atoms with E-state index in [9.17, 15) is 13.2 Å². The van der Waals surface area contributed by atoms with E-state index in [1.54, 1.807) is 42.5 Å². The number of nitrogens with zero attached hydrogens (tertiary/aromatic N) is 1. The van der Waals surface area contributed by atoms with Crippen molar-refractivity contribution >= 4 is 38.9 Å². The Kier molecular flexibility index (Phi) is 7.36. The first kappa shape index (κ1) is 22.8. The van der Waals surface area contributed by atoms with E-state index in [0.717, 1.165) is 34.0 Å². The maximum atomic E-state index is 13.4. The lowest BCUT2D eigenvalue weighted by Crippen LogP contribution is -2.38. The lowest BCUT2D eigenvalue weighted by molar-refractivity contribution is -0.114. The molecule has 0 atom stereocenters. The highest BCUT2D eigenvalue weighted by Gasteiger charge is 2.27. The molecule has 1 amide bonds. The summed E-state index contributed by atoms with van der Waals surface area (Å²) in [6.45, 7) is 3.68. The zero-order valence-corrected chi connectivity index (χ0v) is 19.1. The fourth-order valence-corrected chi connectivity index (χ4v) is 4.92. The molecule has 0 aliphatic carbocycles. The number of rotatable bonds is 8. The highest BCUT2D eigenvalue weighted by Crippen LogP contribution is 2.26. The Balaban J connectivity index is 1.96. The van der Waals surface area contributed by atoms with Gasteiger partial charge in [0.15, 0.2) is 0 Å². The summed E-state index contributed by atoms with van der Waals surface area (Å²) in [5.74, 6) is -0.412. The van der Waals surface area contributed by atoms with Gasteiger partial charge in [0, 0.05) is 10.7 Å². The van der Waals surface area contributed by atoms with Crippen molar-refractivity contribution in [3.63, 3.8) is 0 Å². The second kappa shape index (κ2) is 9.98. The first-order valence-corrected chi connectivity index (χ1v) is 11.9. The van der Waals surface area contributed by atoms with E-state index >= 15 is 0 Å². The zero-order valence-electron chi connectivity index (χ0n) is 17.5. The van der Waals surface area contributed by atoms with E-state index in [0.29, 0.717) is 10.7 Å². The van der Waals surface area contributed by atoms with Gasteiger partial charge in [0.05, 0.1) is 10.6 Å². The van der Waals surface area contributed by atoms with Crippen LogP contribution < -0.4 is 9.62 Å². The van der Waals surface area contributed by atoms with Gasteiger partial charge in [-0.1, -0.05) is 61.8 Å². The number of hydrogen-bond donors (Lipinski definition) is 1. The van der Waals surface area contributed by atoms with Crippen LogP contribution in [0.15, 0.2) is 77.7 Å². The molecule has 3 rings (SSSR count). The number of halogens is 1. The predicted octanol–water partition coefficient (Wildman–Crippen LogP) is 5.30. The Labute approximate surface area is 188 Å². The van der Waals surface area contributed by atoms with Gasteiger partial charge >= 0.3 is 0 Å². The second-order valence-electron chi connectivity index (χ2n) is 7.01. The summed E-state index contributed by atoms with van der Waals surface area (Å²) >= 11 is 5.98. The number of para-hydroxylation sites is 1. The lowest BCUT2D eigenvalue weighted by atomic mass is 10.0. The van der Waals surface area contributed by atoms with Crippen LogP contribution in [0.4, 0.5) is 11.4 Å². The highest BCUT2D eigenvalue weighted by molar-refractivity contribution is 7.92. The molecular weight excluding hydrogens is 432 g/mol. The molecule has 0 fully saturated rings. The van der Waals surface area contributed by atoms with E-state index in [1.807, 2.05) is 32.0 Å². The number of sulfonamides is 1. The van der Waals surface area contributed by atoms with Gasteiger partial charge in [0.25, 0.3) is 10.0 Å². The molecule has 1 N–H and O–H groups in total. The number of carbonyl (C=O) groups excluding carboxylic acids is 1. The van der Waals surface area contributed by atoms with Gasteiger partial charge in [0.1, 0.15) is 6.54 Å². The van der Waals surface area contributed by atoms with Crippen molar-refractivity contribution in [2.75, 3.05) is 16.2 Å². The molecule has 7 heteroatoms. The van der Waals surface area contributed by atoms with E-state index in [2.05, 4.69) is 5.32 Å². The van der Waals surface area contributed by atoms with E-state index in [-0.39, 0.29) is 11.4 Å². The van der Waals surface area contributed by atoms with Crippen molar-refractivity contribution in [1.82, 2.24) is 0 Å². The van der Waals surface area contributed by atoms with Gasteiger partial charge in [-0.3, -0.25) is 9.10 Å². The largest absolute Gasteiger partial charge is 0.324 e. The Bertz CT molecular complexity index is 1120. The van der Waals surface area contributed by atoms with Gasteiger partial charge in [-0.05, 0) is 60.4 Å². The van der Waals surface area contributed by atoms with Crippen molar-refractivity contribution in [2.24, 2.45) is 0 Å². The van der Waals surface area contributed by atoms with Crippen LogP contribution in [0.3, 0.4) is 0 Å². The van der Waals surface area contributed by atoms with Gasteiger partial charge in [-0.25, -0.2) is 8.42 Å². The maximum absolute atomic E-state index is 13.4. The molecular formula is C24H25ClN2O3S. The molecule has 0 unspecified atom stereocenters. The van der Waals surface area contributed by atoms with Crippen molar-refractivity contribution in [1.29, 1.82) is 0 Å². The van der Waals surface area contributed by atoms with E-state index < -0.39 is 15.9 Å². The second-order valence-corrected chi connectivity index (χ2v) is 9.31. The molecule has 5 nitrogen and oxygen atoms in total. The number of nitrogens with one attached hydrogen (secondary N) is 1. The van der Waals surface area contributed by atoms with Crippen LogP contribution in [0.1, 0.15) is 25.0 Å². The Morgan fingerprint density at radius 1 is 0.871 bits per heavy atom. The number of amides is 1. The fraction of sp³-hybridized carbons (Fsp3) is 0.208. The monoisotopic (exact) mass is 456 g/mol. The van der Waals surface area contributed by atoms with Crippen molar-refractivity contribution in [2.45, 2.75) is 31.6 Å². The van der Waals surface area contributed by atoms with Gasteiger partial charge in [-0.2, -0.15) is 0 Å². The summed E-state index contributed by atoms with van der Waals surface area (Å²) in [4.78, 5) is 13.1. The zero-order chi connectivity index (χ0) is 22.4. The molecule has 0 aromatic heterocycles. The number of anilines is 2. The van der Waals surface area contributed by atoms with Crippen molar-refractivity contribution in [3.8, 4) is 0 Å². The minimum atomic E-state index is -3.96. The molecule has 31 heavy (non-hydrogen) atoms. The first-order valence-electron chi connectivity index (χ1n) is 10.1. The smallest absolute Gasteiger partial charge is 0.264 e. The van der Waals surface area contributed by atoms with Gasteiger partial charge in [0.2, 0.25) is 5.91 Å². The average molecular weight is 457 g/mol. The topological polar surface area (TPSA) is 66.5 Å². The Morgan fingerprint density at radius 3 is 2.00 bits per heavy atom. The summed E-state index contributed by atoms with van der Waals surface area (Å²) in [7, 11) is -3.96. The molecule has 0 saturated carbocycles. The summed E-state index contributed by atoms with van der Waals surface area (Å²) in [6, 6.07) is 20.3. The molecule has 3 aromatic carbocycles. The summed E-state index contributed by atoms with van der Waals surface area (Å²) in [5, 5.41) is 3.43. The molecule has 0 saturated heterocycles. The van der Waals surface area contributed by atoms with Crippen LogP contribution in [0.5, 0.6) is 0 Å². The average Bonchev–Trinajstić information content (AvgIpc) is 2.79. The molecule has 0 heterocycles.